The maximum Gasteiger partial charge on any atom is 0.0233 e. The van der Waals surface area contributed by atoms with Gasteiger partial charge in [0.1, 0.15) is 0 Å². The van der Waals surface area contributed by atoms with Crippen molar-refractivity contribution in [3.05, 3.63) is 35.4 Å². The monoisotopic (exact) mass is 305 g/mol. The van der Waals surface area contributed by atoms with E-state index in [-0.39, 0.29) is 0 Å². The molecule has 0 aliphatic rings. The Morgan fingerprint density at radius 3 is 2.00 bits per heavy atom. The third kappa shape index (κ3) is 7.92. The Hall–Kier alpha value is -0.900. The van der Waals surface area contributed by atoms with Gasteiger partial charge in [-0.2, -0.15) is 0 Å². The molecule has 0 amide bonds. The number of hydrogen-bond donors (Lipinski definition) is 1. The minimum atomic E-state index is 0.629. The van der Waals surface area contributed by atoms with Gasteiger partial charge < -0.3 is 10.6 Å². The lowest BCUT2D eigenvalue weighted by Crippen LogP contribution is -2.26. The molecule has 0 saturated carbocycles. The van der Waals surface area contributed by atoms with Crippen molar-refractivity contribution in [2.45, 2.75) is 52.6 Å². The maximum absolute atomic E-state index is 5.66. The molecule has 0 aromatic heterocycles. The average molecular weight is 306 g/mol. The predicted molar refractivity (Wildman–Crippen MR) is 96.9 cm³/mol. The van der Waals surface area contributed by atoms with E-state index in [9.17, 15) is 0 Å². The molecule has 1 aromatic carbocycles. The van der Waals surface area contributed by atoms with Gasteiger partial charge in [0.25, 0.3) is 0 Å². The third-order valence-electron chi connectivity index (χ3n) is 4.07. The van der Waals surface area contributed by atoms with Crippen LogP contribution in [0.1, 0.15) is 50.7 Å². The lowest BCUT2D eigenvalue weighted by Gasteiger charge is -2.23. The molecule has 1 rings (SSSR count). The second-order valence-electron chi connectivity index (χ2n) is 6.31. The van der Waals surface area contributed by atoms with Crippen molar-refractivity contribution in [2.75, 3.05) is 33.2 Å². The predicted octanol–water partition coefficient (Wildman–Crippen LogP) is 3.48. The van der Waals surface area contributed by atoms with E-state index in [1.54, 1.807) is 0 Å². The molecule has 2 N–H and O–H groups in total. The number of nitrogens with zero attached hydrogens (tertiary/aromatic N) is 2. The van der Waals surface area contributed by atoms with Crippen molar-refractivity contribution in [2.24, 2.45) is 5.73 Å². The summed E-state index contributed by atoms with van der Waals surface area (Å²) in [7, 11) is 2.23. The zero-order chi connectivity index (χ0) is 16.2. The van der Waals surface area contributed by atoms with Crippen molar-refractivity contribution in [3.63, 3.8) is 0 Å². The summed E-state index contributed by atoms with van der Waals surface area (Å²) >= 11 is 0. The number of rotatable bonds is 12. The van der Waals surface area contributed by atoms with Crippen LogP contribution in [-0.2, 0) is 13.1 Å². The topological polar surface area (TPSA) is 32.5 Å². The summed E-state index contributed by atoms with van der Waals surface area (Å²) in [5.74, 6) is 0. The first-order valence-electron chi connectivity index (χ1n) is 8.88. The largest absolute Gasteiger partial charge is 0.326 e. The van der Waals surface area contributed by atoms with Crippen LogP contribution in [0, 0.1) is 0 Å². The molecular weight excluding hydrogens is 270 g/mol. The molecule has 0 aliphatic heterocycles. The van der Waals surface area contributed by atoms with E-state index in [0.717, 1.165) is 6.54 Å². The highest BCUT2D eigenvalue weighted by Crippen LogP contribution is 2.09. The quantitative estimate of drug-likeness (QED) is 0.600. The fourth-order valence-electron chi connectivity index (χ4n) is 2.84. The molecule has 22 heavy (non-hydrogen) atoms. The number of hydrogen-bond acceptors (Lipinski definition) is 3. The van der Waals surface area contributed by atoms with E-state index >= 15 is 0 Å². The zero-order valence-corrected chi connectivity index (χ0v) is 14.9. The minimum Gasteiger partial charge on any atom is -0.326 e. The highest BCUT2D eigenvalue weighted by Gasteiger charge is 2.05. The number of nitrogens with two attached hydrogens (primary N) is 1. The molecule has 0 saturated heterocycles. The van der Waals surface area contributed by atoms with Gasteiger partial charge in [0.15, 0.2) is 0 Å². The lowest BCUT2D eigenvalue weighted by atomic mass is 10.1. The normalized spacial score (nSPS) is 11.5. The molecular formula is C19H35N3. The van der Waals surface area contributed by atoms with Crippen LogP contribution in [0.4, 0.5) is 0 Å². The molecule has 0 spiro atoms. The summed E-state index contributed by atoms with van der Waals surface area (Å²) in [6.07, 6.45) is 5.05. The zero-order valence-electron chi connectivity index (χ0n) is 14.9. The highest BCUT2D eigenvalue weighted by molar-refractivity contribution is 5.22. The molecule has 0 unspecified atom stereocenters. The Kier molecular flexibility index (Phi) is 10.1. The molecule has 0 atom stereocenters. The molecule has 3 heteroatoms. The Balaban J connectivity index is 2.34. The molecule has 3 nitrogen and oxygen atoms in total. The van der Waals surface area contributed by atoms with Crippen molar-refractivity contribution < 1.29 is 0 Å². The summed E-state index contributed by atoms with van der Waals surface area (Å²) in [4.78, 5) is 5.02. The summed E-state index contributed by atoms with van der Waals surface area (Å²) in [5, 5.41) is 0. The van der Waals surface area contributed by atoms with Crippen LogP contribution >= 0.6 is 0 Å². The van der Waals surface area contributed by atoms with Crippen molar-refractivity contribution in [1.29, 1.82) is 0 Å². The molecule has 0 radical (unpaired) electrons. The van der Waals surface area contributed by atoms with E-state index in [1.807, 2.05) is 0 Å². The van der Waals surface area contributed by atoms with Crippen LogP contribution in [0.2, 0.25) is 0 Å². The number of benzene rings is 1. The van der Waals surface area contributed by atoms with Crippen molar-refractivity contribution >= 4 is 0 Å². The van der Waals surface area contributed by atoms with E-state index in [1.165, 1.54) is 63.0 Å². The van der Waals surface area contributed by atoms with Crippen LogP contribution in [0.3, 0.4) is 0 Å². The first-order valence-corrected chi connectivity index (χ1v) is 8.88. The minimum absolute atomic E-state index is 0.629. The van der Waals surface area contributed by atoms with Gasteiger partial charge in [-0.15, -0.1) is 0 Å². The molecule has 126 valence electrons. The van der Waals surface area contributed by atoms with E-state index in [0.29, 0.717) is 6.54 Å². The van der Waals surface area contributed by atoms with Gasteiger partial charge in [-0.25, -0.2) is 0 Å². The Labute approximate surface area is 137 Å². The summed E-state index contributed by atoms with van der Waals surface area (Å²) < 4.78 is 0. The summed E-state index contributed by atoms with van der Waals surface area (Å²) in [5.41, 5.74) is 8.27. The van der Waals surface area contributed by atoms with Crippen LogP contribution in [-0.4, -0.2) is 43.0 Å². The Morgan fingerprint density at radius 1 is 0.818 bits per heavy atom. The average Bonchev–Trinajstić information content (AvgIpc) is 2.52. The molecule has 0 bridgehead atoms. The van der Waals surface area contributed by atoms with Gasteiger partial charge >= 0.3 is 0 Å². The van der Waals surface area contributed by atoms with Gasteiger partial charge in [0, 0.05) is 13.1 Å². The second kappa shape index (κ2) is 11.6. The standard InChI is InChI=1S/C19H35N3/c1-4-12-21(3)14-6-7-15-22(13-5-2)17-19-10-8-18(16-20)9-11-19/h8-11H,4-7,12-17,20H2,1-3H3. The van der Waals surface area contributed by atoms with E-state index < -0.39 is 0 Å². The van der Waals surface area contributed by atoms with Gasteiger partial charge in [-0.3, -0.25) is 4.90 Å². The van der Waals surface area contributed by atoms with Gasteiger partial charge in [0.2, 0.25) is 0 Å². The molecule has 0 aliphatic carbocycles. The van der Waals surface area contributed by atoms with Crippen LogP contribution in [0.5, 0.6) is 0 Å². The summed E-state index contributed by atoms with van der Waals surface area (Å²) in [6, 6.07) is 8.75. The fourth-order valence-corrected chi connectivity index (χ4v) is 2.84. The smallest absolute Gasteiger partial charge is 0.0233 e. The third-order valence-corrected chi connectivity index (χ3v) is 4.07. The second-order valence-corrected chi connectivity index (χ2v) is 6.31. The number of unbranched alkanes of at least 4 members (excludes halogenated alkanes) is 1. The Bertz CT molecular complexity index is 375. The van der Waals surface area contributed by atoms with Gasteiger partial charge in [-0.1, -0.05) is 38.1 Å². The molecule has 1 aromatic rings. The van der Waals surface area contributed by atoms with Crippen molar-refractivity contribution in [1.82, 2.24) is 9.80 Å². The van der Waals surface area contributed by atoms with Gasteiger partial charge in [0.05, 0.1) is 0 Å². The van der Waals surface area contributed by atoms with E-state index in [2.05, 4.69) is 55.0 Å². The van der Waals surface area contributed by atoms with Crippen molar-refractivity contribution in [3.8, 4) is 0 Å². The fraction of sp³-hybridized carbons (Fsp3) is 0.684. The van der Waals surface area contributed by atoms with Crippen LogP contribution < -0.4 is 5.73 Å². The molecule has 0 fully saturated rings. The van der Waals surface area contributed by atoms with Crippen LogP contribution in [0.25, 0.3) is 0 Å². The van der Waals surface area contributed by atoms with E-state index in [4.69, 9.17) is 5.73 Å². The van der Waals surface area contributed by atoms with Gasteiger partial charge in [-0.05, 0) is 70.0 Å². The lowest BCUT2D eigenvalue weighted by molar-refractivity contribution is 0.249. The maximum atomic E-state index is 5.66. The first kappa shape index (κ1) is 19.1. The first-order chi connectivity index (χ1) is 10.7. The SMILES string of the molecule is CCCN(C)CCCCN(CCC)Cc1ccc(CN)cc1. The molecule has 0 heterocycles. The highest BCUT2D eigenvalue weighted by atomic mass is 15.1. The van der Waals surface area contributed by atoms with Crippen LogP contribution in [0.15, 0.2) is 24.3 Å². The Morgan fingerprint density at radius 2 is 1.41 bits per heavy atom. The summed E-state index contributed by atoms with van der Waals surface area (Å²) in [6.45, 7) is 11.0.